The Morgan fingerprint density at radius 2 is 1.86 bits per heavy atom. The zero-order valence-electron chi connectivity index (χ0n) is 13.3. The molecule has 0 radical (unpaired) electrons. The third-order valence-corrected chi connectivity index (χ3v) is 3.09. The number of phenols is 2. The topological polar surface area (TPSA) is 83.8 Å². The van der Waals surface area contributed by atoms with Gasteiger partial charge in [-0.15, -0.1) is 0 Å². The van der Waals surface area contributed by atoms with Crippen LogP contribution in [0.1, 0.15) is 43.6 Å². The molecule has 0 saturated carbocycles. The number of hydrogen-bond acceptors (Lipinski definition) is 5. The molecule has 0 aliphatic heterocycles. The standard InChI is InChI=1S/C17H22O5/c1-10(2)5-6-12-14(18)8-7-13(16(12)20)15(19)9-22-17(21)11(3)4/h5,7-8,11,18,20H,6,9H2,1-4H3. The molecule has 1 aromatic carbocycles. The average Bonchev–Trinajstić information content (AvgIpc) is 2.43. The van der Waals surface area contributed by atoms with Crippen molar-refractivity contribution >= 4 is 11.8 Å². The highest BCUT2D eigenvalue weighted by atomic mass is 16.5. The van der Waals surface area contributed by atoms with E-state index >= 15 is 0 Å². The Balaban J connectivity index is 2.96. The van der Waals surface area contributed by atoms with Crippen molar-refractivity contribution < 1.29 is 24.5 Å². The van der Waals surface area contributed by atoms with Crippen LogP contribution >= 0.6 is 0 Å². The number of Topliss-reactive ketones (excluding diaryl/α,β-unsaturated/α-hetero) is 1. The van der Waals surface area contributed by atoms with E-state index in [1.165, 1.54) is 12.1 Å². The van der Waals surface area contributed by atoms with Crippen LogP contribution in [0.2, 0.25) is 0 Å². The molecule has 0 heterocycles. The number of aromatic hydroxyl groups is 2. The molecule has 0 aromatic heterocycles. The molecule has 1 rings (SSSR count). The van der Waals surface area contributed by atoms with Crippen LogP contribution in [0, 0.1) is 5.92 Å². The van der Waals surface area contributed by atoms with Crippen molar-refractivity contribution in [1.82, 2.24) is 0 Å². The SMILES string of the molecule is CC(C)=CCc1c(O)ccc(C(=O)COC(=O)C(C)C)c1O. The molecule has 0 spiro atoms. The van der Waals surface area contributed by atoms with Crippen LogP contribution in [-0.2, 0) is 16.0 Å². The van der Waals surface area contributed by atoms with Crippen molar-refractivity contribution in [2.24, 2.45) is 5.92 Å². The van der Waals surface area contributed by atoms with E-state index in [4.69, 9.17) is 4.74 Å². The second-order valence-corrected chi connectivity index (χ2v) is 5.63. The summed E-state index contributed by atoms with van der Waals surface area (Å²) in [6.07, 6.45) is 2.15. The van der Waals surface area contributed by atoms with Gasteiger partial charge in [-0.1, -0.05) is 25.5 Å². The van der Waals surface area contributed by atoms with Gasteiger partial charge in [-0.25, -0.2) is 0 Å². The molecule has 0 aliphatic rings. The molecule has 5 nitrogen and oxygen atoms in total. The van der Waals surface area contributed by atoms with Gasteiger partial charge in [0.1, 0.15) is 11.5 Å². The molecular weight excluding hydrogens is 284 g/mol. The van der Waals surface area contributed by atoms with Gasteiger partial charge in [0.05, 0.1) is 11.5 Å². The number of phenolic OH excluding ortho intramolecular Hbond substituents is 2. The van der Waals surface area contributed by atoms with Crippen molar-refractivity contribution in [1.29, 1.82) is 0 Å². The number of allylic oxidation sites excluding steroid dienone is 2. The number of hydrogen-bond donors (Lipinski definition) is 2. The van der Waals surface area contributed by atoms with Crippen molar-refractivity contribution in [2.45, 2.75) is 34.1 Å². The zero-order chi connectivity index (χ0) is 16.9. The lowest BCUT2D eigenvalue weighted by molar-refractivity contribution is -0.146. The fourth-order valence-corrected chi connectivity index (χ4v) is 1.74. The smallest absolute Gasteiger partial charge is 0.308 e. The van der Waals surface area contributed by atoms with E-state index in [2.05, 4.69) is 0 Å². The second-order valence-electron chi connectivity index (χ2n) is 5.63. The van der Waals surface area contributed by atoms with Crippen LogP contribution in [0.3, 0.4) is 0 Å². The third-order valence-electron chi connectivity index (χ3n) is 3.09. The molecule has 0 saturated heterocycles. The van der Waals surface area contributed by atoms with Crippen molar-refractivity contribution in [3.63, 3.8) is 0 Å². The number of rotatable bonds is 6. The first-order valence-electron chi connectivity index (χ1n) is 7.11. The van der Waals surface area contributed by atoms with Gasteiger partial charge in [-0.2, -0.15) is 0 Å². The van der Waals surface area contributed by atoms with Crippen LogP contribution in [0.25, 0.3) is 0 Å². The predicted molar refractivity (Wildman–Crippen MR) is 83.0 cm³/mol. The van der Waals surface area contributed by atoms with Gasteiger partial charge in [0.2, 0.25) is 5.78 Å². The van der Waals surface area contributed by atoms with Gasteiger partial charge in [0.15, 0.2) is 6.61 Å². The molecular formula is C17H22O5. The Kier molecular flexibility index (Phi) is 6.16. The summed E-state index contributed by atoms with van der Waals surface area (Å²) in [5.41, 5.74) is 1.34. The van der Waals surface area contributed by atoms with Gasteiger partial charge in [-0.3, -0.25) is 9.59 Å². The maximum Gasteiger partial charge on any atom is 0.308 e. The Bertz CT molecular complexity index is 595. The molecule has 0 unspecified atom stereocenters. The van der Waals surface area contributed by atoms with E-state index in [0.717, 1.165) is 5.57 Å². The highest BCUT2D eigenvalue weighted by Crippen LogP contribution is 2.31. The summed E-state index contributed by atoms with van der Waals surface area (Å²) in [5, 5.41) is 20.0. The first kappa shape index (κ1) is 17.8. The molecule has 0 atom stereocenters. The van der Waals surface area contributed by atoms with Gasteiger partial charge in [-0.05, 0) is 32.4 Å². The van der Waals surface area contributed by atoms with E-state index in [9.17, 15) is 19.8 Å². The minimum Gasteiger partial charge on any atom is -0.508 e. The number of benzene rings is 1. The first-order chi connectivity index (χ1) is 10.2. The van der Waals surface area contributed by atoms with Gasteiger partial charge in [0, 0.05) is 5.56 Å². The van der Waals surface area contributed by atoms with Crippen molar-refractivity contribution in [3.05, 3.63) is 34.9 Å². The Morgan fingerprint density at radius 3 is 2.41 bits per heavy atom. The Morgan fingerprint density at radius 1 is 1.23 bits per heavy atom. The Hall–Kier alpha value is -2.30. The molecule has 1 aromatic rings. The van der Waals surface area contributed by atoms with Gasteiger partial charge >= 0.3 is 5.97 Å². The lowest BCUT2D eigenvalue weighted by Gasteiger charge is -2.11. The number of ether oxygens (including phenoxy) is 1. The third kappa shape index (κ3) is 4.62. The van der Waals surface area contributed by atoms with Crippen LogP contribution in [-0.4, -0.2) is 28.6 Å². The lowest BCUT2D eigenvalue weighted by Crippen LogP contribution is -2.18. The molecule has 2 N–H and O–H groups in total. The summed E-state index contributed by atoms with van der Waals surface area (Å²) in [6, 6.07) is 2.67. The molecule has 0 bridgehead atoms. The largest absolute Gasteiger partial charge is 0.508 e. The Labute approximate surface area is 130 Å². The molecule has 0 amide bonds. The van der Waals surface area contributed by atoms with Gasteiger partial charge in [0.25, 0.3) is 0 Å². The van der Waals surface area contributed by atoms with E-state index in [1.54, 1.807) is 13.8 Å². The maximum absolute atomic E-state index is 12.1. The fourth-order valence-electron chi connectivity index (χ4n) is 1.74. The summed E-state index contributed by atoms with van der Waals surface area (Å²) in [4.78, 5) is 23.4. The molecule has 0 fully saturated rings. The van der Waals surface area contributed by atoms with E-state index in [0.29, 0.717) is 6.42 Å². The van der Waals surface area contributed by atoms with Gasteiger partial charge < -0.3 is 14.9 Å². The van der Waals surface area contributed by atoms with Crippen LogP contribution in [0.4, 0.5) is 0 Å². The monoisotopic (exact) mass is 306 g/mol. The fraction of sp³-hybridized carbons (Fsp3) is 0.412. The first-order valence-corrected chi connectivity index (χ1v) is 7.11. The van der Waals surface area contributed by atoms with E-state index < -0.39 is 18.4 Å². The summed E-state index contributed by atoms with van der Waals surface area (Å²) in [5.74, 6) is -1.66. The van der Waals surface area contributed by atoms with Crippen molar-refractivity contribution in [2.75, 3.05) is 6.61 Å². The highest BCUT2D eigenvalue weighted by Gasteiger charge is 2.19. The predicted octanol–water partition coefficient (Wildman–Crippen LogP) is 2.99. The molecule has 120 valence electrons. The number of carbonyl (C=O) groups is 2. The minimum absolute atomic E-state index is 0.0338. The van der Waals surface area contributed by atoms with Crippen molar-refractivity contribution in [3.8, 4) is 11.5 Å². The number of ketones is 1. The number of carbonyl (C=O) groups excluding carboxylic acids is 2. The normalized spacial score (nSPS) is 10.4. The van der Waals surface area contributed by atoms with E-state index in [1.807, 2.05) is 19.9 Å². The van der Waals surface area contributed by atoms with Crippen LogP contribution < -0.4 is 0 Å². The quantitative estimate of drug-likeness (QED) is 0.479. The number of esters is 1. The summed E-state index contributed by atoms with van der Waals surface area (Å²) in [6.45, 7) is 6.70. The summed E-state index contributed by atoms with van der Waals surface area (Å²) >= 11 is 0. The molecule has 22 heavy (non-hydrogen) atoms. The lowest BCUT2D eigenvalue weighted by atomic mass is 10.0. The van der Waals surface area contributed by atoms with E-state index in [-0.39, 0.29) is 28.5 Å². The molecule has 0 aliphatic carbocycles. The summed E-state index contributed by atoms with van der Waals surface area (Å²) < 4.78 is 4.87. The zero-order valence-corrected chi connectivity index (χ0v) is 13.3. The highest BCUT2D eigenvalue weighted by molar-refractivity contribution is 6.01. The molecule has 5 heteroatoms. The average molecular weight is 306 g/mol. The second kappa shape index (κ2) is 7.64. The minimum atomic E-state index is -0.509. The maximum atomic E-state index is 12.1. The van der Waals surface area contributed by atoms with Crippen LogP contribution in [0.5, 0.6) is 11.5 Å². The van der Waals surface area contributed by atoms with Crippen LogP contribution in [0.15, 0.2) is 23.8 Å². The summed E-state index contributed by atoms with van der Waals surface area (Å²) in [7, 11) is 0.